The number of hydrogen-bond acceptors (Lipinski definition) is 5. The largest absolute Gasteiger partial charge is 0.376 e. The first-order valence-electron chi connectivity index (χ1n) is 8.22. The first kappa shape index (κ1) is 16.9. The van der Waals surface area contributed by atoms with Gasteiger partial charge < -0.3 is 20.9 Å². The van der Waals surface area contributed by atoms with Gasteiger partial charge in [-0.3, -0.25) is 14.6 Å². The number of carbonyl (C=O) groups is 1. The SMILES string of the molecule is NC/C=C/C(=O)N1CC[C@H](Nc2cc(-c3ccncc3)c[nH]c2=O)C1. The van der Waals surface area contributed by atoms with Gasteiger partial charge in [-0.2, -0.15) is 0 Å². The molecule has 1 aliphatic rings. The summed E-state index contributed by atoms with van der Waals surface area (Å²) in [4.78, 5) is 32.6. The Labute approximate surface area is 145 Å². The Kier molecular flexibility index (Phi) is 5.25. The number of rotatable bonds is 5. The minimum absolute atomic E-state index is 0.0454. The predicted octanol–water partition coefficient (Wildman–Crippen LogP) is 0.965. The molecule has 3 rings (SSSR count). The van der Waals surface area contributed by atoms with Crippen LogP contribution in [0.25, 0.3) is 11.1 Å². The summed E-state index contributed by atoms with van der Waals surface area (Å²) in [7, 11) is 0. The molecule has 25 heavy (non-hydrogen) atoms. The molecule has 2 aromatic rings. The van der Waals surface area contributed by atoms with Crippen LogP contribution in [-0.4, -0.2) is 46.5 Å². The zero-order valence-corrected chi connectivity index (χ0v) is 13.8. The molecule has 130 valence electrons. The van der Waals surface area contributed by atoms with E-state index in [0.717, 1.165) is 17.5 Å². The highest BCUT2D eigenvalue weighted by Crippen LogP contribution is 2.20. The average Bonchev–Trinajstić information content (AvgIpc) is 3.11. The zero-order chi connectivity index (χ0) is 17.6. The smallest absolute Gasteiger partial charge is 0.271 e. The van der Waals surface area contributed by atoms with Crippen molar-refractivity contribution in [2.75, 3.05) is 25.0 Å². The highest BCUT2D eigenvalue weighted by atomic mass is 16.2. The summed E-state index contributed by atoms with van der Waals surface area (Å²) >= 11 is 0. The number of hydrogen-bond donors (Lipinski definition) is 3. The van der Waals surface area contributed by atoms with Gasteiger partial charge in [-0.25, -0.2) is 0 Å². The molecule has 1 amide bonds. The van der Waals surface area contributed by atoms with E-state index >= 15 is 0 Å². The highest BCUT2D eigenvalue weighted by Gasteiger charge is 2.25. The van der Waals surface area contributed by atoms with Crippen LogP contribution in [0.1, 0.15) is 6.42 Å². The van der Waals surface area contributed by atoms with Crippen molar-refractivity contribution in [3.8, 4) is 11.1 Å². The van der Waals surface area contributed by atoms with Gasteiger partial charge in [-0.05, 0) is 30.2 Å². The molecular formula is C18H21N5O2. The van der Waals surface area contributed by atoms with Crippen LogP contribution in [0, 0.1) is 0 Å². The first-order chi connectivity index (χ1) is 12.2. The van der Waals surface area contributed by atoms with Crippen LogP contribution >= 0.6 is 0 Å². The van der Waals surface area contributed by atoms with E-state index in [4.69, 9.17) is 5.73 Å². The van der Waals surface area contributed by atoms with Gasteiger partial charge in [-0.1, -0.05) is 6.08 Å². The number of nitrogens with two attached hydrogens (primary N) is 1. The van der Waals surface area contributed by atoms with Crippen molar-refractivity contribution in [3.05, 3.63) is 59.3 Å². The Bertz CT molecular complexity index is 816. The number of pyridine rings is 2. The fourth-order valence-corrected chi connectivity index (χ4v) is 2.87. The van der Waals surface area contributed by atoms with Gasteiger partial charge in [0.2, 0.25) is 5.91 Å². The Morgan fingerprint density at radius 1 is 1.40 bits per heavy atom. The molecule has 0 aliphatic carbocycles. The second-order valence-electron chi connectivity index (χ2n) is 5.92. The second kappa shape index (κ2) is 7.76. The van der Waals surface area contributed by atoms with Gasteiger partial charge >= 0.3 is 0 Å². The number of nitrogens with one attached hydrogen (secondary N) is 2. The van der Waals surface area contributed by atoms with Crippen molar-refractivity contribution in [1.29, 1.82) is 0 Å². The van der Waals surface area contributed by atoms with Crippen LogP contribution in [0.5, 0.6) is 0 Å². The Morgan fingerprint density at radius 2 is 2.20 bits per heavy atom. The van der Waals surface area contributed by atoms with Gasteiger partial charge in [0.25, 0.3) is 5.56 Å². The molecule has 1 aliphatic heterocycles. The number of likely N-dealkylation sites (tertiary alicyclic amines) is 1. The van der Waals surface area contributed by atoms with Crippen molar-refractivity contribution in [2.45, 2.75) is 12.5 Å². The third kappa shape index (κ3) is 4.13. The molecule has 0 radical (unpaired) electrons. The number of carbonyl (C=O) groups excluding carboxylic acids is 1. The summed E-state index contributed by atoms with van der Waals surface area (Å²) in [5.41, 5.74) is 7.58. The van der Waals surface area contributed by atoms with Crippen molar-refractivity contribution >= 4 is 11.6 Å². The summed E-state index contributed by atoms with van der Waals surface area (Å²) in [6, 6.07) is 5.64. The molecule has 0 bridgehead atoms. The molecule has 1 fully saturated rings. The number of aromatic nitrogens is 2. The lowest BCUT2D eigenvalue weighted by Crippen LogP contribution is -2.31. The lowest BCUT2D eigenvalue weighted by atomic mass is 10.1. The topological polar surface area (TPSA) is 104 Å². The molecule has 0 spiro atoms. The van der Waals surface area contributed by atoms with Crippen molar-refractivity contribution in [1.82, 2.24) is 14.9 Å². The zero-order valence-electron chi connectivity index (χ0n) is 13.8. The minimum Gasteiger partial charge on any atom is -0.376 e. The van der Waals surface area contributed by atoms with E-state index in [-0.39, 0.29) is 17.5 Å². The molecule has 7 nitrogen and oxygen atoms in total. The first-order valence-corrected chi connectivity index (χ1v) is 8.22. The lowest BCUT2D eigenvalue weighted by molar-refractivity contribution is -0.125. The molecule has 0 unspecified atom stereocenters. The lowest BCUT2D eigenvalue weighted by Gasteiger charge is -2.16. The van der Waals surface area contributed by atoms with Crippen LogP contribution in [0.3, 0.4) is 0 Å². The van der Waals surface area contributed by atoms with Crippen LogP contribution in [0.15, 0.2) is 53.7 Å². The fraction of sp³-hybridized carbons (Fsp3) is 0.278. The summed E-state index contributed by atoms with van der Waals surface area (Å²) in [6.07, 6.45) is 9.04. The highest BCUT2D eigenvalue weighted by molar-refractivity contribution is 5.87. The molecule has 7 heteroatoms. The standard InChI is InChI=1S/C18H21N5O2/c19-6-1-2-17(24)23-9-5-15(12-23)22-16-10-14(11-21-18(16)25)13-3-7-20-8-4-13/h1-4,7-8,10-11,15,22H,5-6,9,12,19H2,(H,21,25)/b2-1+/t15-/m0/s1. The van der Waals surface area contributed by atoms with Crippen LogP contribution in [-0.2, 0) is 4.79 Å². The maximum absolute atomic E-state index is 12.1. The van der Waals surface area contributed by atoms with E-state index in [0.29, 0.717) is 25.3 Å². The van der Waals surface area contributed by atoms with Gasteiger partial charge in [0.1, 0.15) is 5.69 Å². The molecule has 2 aromatic heterocycles. The van der Waals surface area contributed by atoms with Crippen molar-refractivity contribution in [3.63, 3.8) is 0 Å². The van der Waals surface area contributed by atoms with E-state index in [1.54, 1.807) is 29.6 Å². The molecular weight excluding hydrogens is 318 g/mol. The number of nitrogens with zero attached hydrogens (tertiary/aromatic N) is 2. The Balaban J connectivity index is 1.70. The fourth-order valence-electron chi connectivity index (χ4n) is 2.87. The number of aromatic amines is 1. The number of amides is 1. The summed E-state index contributed by atoms with van der Waals surface area (Å²) in [6.45, 7) is 1.57. The summed E-state index contributed by atoms with van der Waals surface area (Å²) in [5, 5.41) is 3.26. The van der Waals surface area contributed by atoms with E-state index in [1.165, 1.54) is 6.08 Å². The average molecular weight is 339 g/mol. The van der Waals surface area contributed by atoms with Crippen LogP contribution < -0.4 is 16.6 Å². The predicted molar refractivity (Wildman–Crippen MR) is 97.1 cm³/mol. The third-order valence-corrected chi connectivity index (χ3v) is 4.17. The third-order valence-electron chi connectivity index (χ3n) is 4.17. The van der Waals surface area contributed by atoms with Crippen LogP contribution in [0.2, 0.25) is 0 Å². The monoisotopic (exact) mass is 339 g/mol. The normalized spacial score (nSPS) is 17.2. The van der Waals surface area contributed by atoms with Crippen molar-refractivity contribution < 1.29 is 4.79 Å². The molecule has 1 saturated heterocycles. The maximum atomic E-state index is 12.1. The molecule has 3 heterocycles. The van der Waals surface area contributed by atoms with E-state index in [2.05, 4.69) is 15.3 Å². The van der Waals surface area contributed by atoms with Gasteiger partial charge in [-0.15, -0.1) is 0 Å². The van der Waals surface area contributed by atoms with Gasteiger partial charge in [0.05, 0.1) is 0 Å². The molecule has 1 atom stereocenters. The van der Waals surface area contributed by atoms with E-state index in [1.807, 2.05) is 18.2 Å². The maximum Gasteiger partial charge on any atom is 0.271 e. The van der Waals surface area contributed by atoms with Gasteiger partial charge in [0.15, 0.2) is 0 Å². The van der Waals surface area contributed by atoms with E-state index in [9.17, 15) is 9.59 Å². The summed E-state index contributed by atoms with van der Waals surface area (Å²) in [5.74, 6) is -0.0470. The van der Waals surface area contributed by atoms with Gasteiger partial charge in [0, 0.05) is 55.9 Å². The second-order valence-corrected chi connectivity index (χ2v) is 5.92. The van der Waals surface area contributed by atoms with Crippen LogP contribution in [0.4, 0.5) is 5.69 Å². The molecule has 4 N–H and O–H groups in total. The minimum atomic E-state index is -0.175. The van der Waals surface area contributed by atoms with E-state index < -0.39 is 0 Å². The molecule has 0 saturated carbocycles. The Hall–Kier alpha value is -2.93. The number of H-pyrrole nitrogens is 1. The summed E-state index contributed by atoms with van der Waals surface area (Å²) < 4.78 is 0. The Morgan fingerprint density at radius 3 is 2.96 bits per heavy atom. The molecule has 0 aromatic carbocycles. The van der Waals surface area contributed by atoms with Crippen molar-refractivity contribution in [2.24, 2.45) is 5.73 Å². The quantitative estimate of drug-likeness (QED) is 0.704. The number of anilines is 1.